The molecule has 0 radical (unpaired) electrons. The summed E-state index contributed by atoms with van der Waals surface area (Å²) in [6.07, 6.45) is 0. The van der Waals surface area contributed by atoms with Gasteiger partial charge in [0.1, 0.15) is 17.8 Å². The fourth-order valence-corrected chi connectivity index (χ4v) is 2.52. The van der Waals surface area contributed by atoms with Crippen LogP contribution >= 0.6 is 0 Å². The second-order valence-electron chi connectivity index (χ2n) is 5.37. The molecule has 2 aromatic rings. The molecule has 114 valence electrons. The molecule has 3 rings (SSSR count). The second-order valence-corrected chi connectivity index (χ2v) is 5.37. The first-order valence-electron chi connectivity index (χ1n) is 7.18. The van der Waals surface area contributed by atoms with Crippen LogP contribution in [0.3, 0.4) is 0 Å². The van der Waals surface area contributed by atoms with Crippen LogP contribution in [-0.2, 0) is 26.3 Å². The lowest BCUT2D eigenvalue weighted by Crippen LogP contribution is -2.53. The quantitative estimate of drug-likeness (QED) is 0.796. The fraction of sp³-hybridized carbons (Fsp3) is 0.278. The summed E-state index contributed by atoms with van der Waals surface area (Å²) in [6, 6.07) is 17.5. The Morgan fingerprint density at radius 2 is 1.77 bits per heavy atom. The molecule has 1 heterocycles. The summed E-state index contributed by atoms with van der Waals surface area (Å²) in [5.41, 5.74) is 1.36. The summed E-state index contributed by atoms with van der Waals surface area (Å²) in [5, 5.41) is 0. The largest absolute Gasteiger partial charge is 0.489 e. The van der Waals surface area contributed by atoms with Crippen LogP contribution in [0.15, 0.2) is 54.6 Å². The molecule has 1 aliphatic heterocycles. The molecule has 0 spiro atoms. The third-order valence-electron chi connectivity index (χ3n) is 3.93. The lowest BCUT2D eigenvalue weighted by Gasteiger charge is -2.38. The molecule has 4 nitrogen and oxygen atoms in total. The molecular weight excluding hydrogens is 280 g/mol. The van der Waals surface area contributed by atoms with Crippen molar-refractivity contribution in [2.75, 3.05) is 20.3 Å². The van der Waals surface area contributed by atoms with Crippen molar-refractivity contribution in [3.8, 4) is 5.75 Å². The topological polar surface area (TPSA) is 44.8 Å². The van der Waals surface area contributed by atoms with Crippen LogP contribution in [0.4, 0.5) is 0 Å². The van der Waals surface area contributed by atoms with E-state index in [2.05, 4.69) is 0 Å². The minimum Gasteiger partial charge on any atom is -0.489 e. The van der Waals surface area contributed by atoms with Crippen molar-refractivity contribution >= 4 is 5.97 Å². The molecule has 2 aromatic carbocycles. The molecule has 0 amide bonds. The van der Waals surface area contributed by atoms with Crippen molar-refractivity contribution < 1.29 is 19.0 Å². The number of methoxy groups -OCH3 is 1. The summed E-state index contributed by atoms with van der Waals surface area (Å²) >= 11 is 0. The zero-order valence-electron chi connectivity index (χ0n) is 12.5. The van der Waals surface area contributed by atoms with Crippen LogP contribution < -0.4 is 4.74 Å². The highest BCUT2D eigenvalue weighted by molar-refractivity contribution is 5.84. The number of carbonyl (C=O) groups is 1. The molecule has 0 aliphatic carbocycles. The van der Waals surface area contributed by atoms with E-state index in [1.165, 1.54) is 7.11 Å². The number of rotatable bonds is 5. The van der Waals surface area contributed by atoms with Gasteiger partial charge in [-0.15, -0.1) is 0 Å². The lowest BCUT2D eigenvalue weighted by molar-refractivity contribution is -0.166. The molecule has 0 atom stereocenters. The molecule has 0 unspecified atom stereocenters. The van der Waals surface area contributed by atoms with Crippen LogP contribution in [0.5, 0.6) is 5.75 Å². The van der Waals surface area contributed by atoms with Gasteiger partial charge in [0.05, 0.1) is 20.3 Å². The van der Waals surface area contributed by atoms with E-state index in [1.54, 1.807) is 0 Å². The highest BCUT2D eigenvalue weighted by Crippen LogP contribution is 2.34. The van der Waals surface area contributed by atoms with Gasteiger partial charge >= 0.3 is 5.97 Å². The molecule has 22 heavy (non-hydrogen) atoms. The second kappa shape index (κ2) is 6.20. The Labute approximate surface area is 129 Å². The number of carbonyl (C=O) groups excluding carboxylic acids is 1. The number of esters is 1. The molecule has 1 fully saturated rings. The number of ether oxygens (including phenoxy) is 3. The maximum atomic E-state index is 12.0. The van der Waals surface area contributed by atoms with Crippen LogP contribution in [0.25, 0.3) is 0 Å². The van der Waals surface area contributed by atoms with Crippen molar-refractivity contribution in [2.24, 2.45) is 0 Å². The van der Waals surface area contributed by atoms with Crippen LogP contribution in [-0.4, -0.2) is 26.3 Å². The van der Waals surface area contributed by atoms with Gasteiger partial charge in [0.15, 0.2) is 0 Å². The van der Waals surface area contributed by atoms with Gasteiger partial charge < -0.3 is 14.2 Å². The molecule has 1 aliphatic rings. The average molecular weight is 298 g/mol. The van der Waals surface area contributed by atoms with E-state index < -0.39 is 5.41 Å². The standard InChI is InChI=1S/C18H18O4/c1-20-17(19)18(12-21-13-18)15-7-9-16(10-8-15)22-11-14-5-3-2-4-6-14/h2-10H,11-13H2,1H3. The number of hydrogen-bond donors (Lipinski definition) is 0. The summed E-state index contributed by atoms with van der Waals surface area (Å²) < 4.78 is 15.9. The predicted octanol–water partition coefficient (Wildman–Crippen LogP) is 2.71. The summed E-state index contributed by atoms with van der Waals surface area (Å²) in [5.74, 6) is 0.518. The van der Waals surface area contributed by atoms with Gasteiger partial charge in [-0.2, -0.15) is 0 Å². The van der Waals surface area contributed by atoms with Gasteiger partial charge in [-0.1, -0.05) is 42.5 Å². The summed E-state index contributed by atoms with van der Waals surface area (Å²) in [4.78, 5) is 12.0. The van der Waals surface area contributed by atoms with Gasteiger partial charge in [0.2, 0.25) is 0 Å². The van der Waals surface area contributed by atoms with E-state index >= 15 is 0 Å². The summed E-state index contributed by atoms with van der Waals surface area (Å²) in [7, 11) is 1.40. The van der Waals surface area contributed by atoms with Crippen LogP contribution in [0.1, 0.15) is 11.1 Å². The monoisotopic (exact) mass is 298 g/mol. The normalized spacial score (nSPS) is 15.7. The van der Waals surface area contributed by atoms with E-state index in [9.17, 15) is 4.79 Å². The first-order valence-corrected chi connectivity index (χ1v) is 7.18. The number of hydrogen-bond acceptors (Lipinski definition) is 4. The Kier molecular flexibility index (Phi) is 4.11. The molecule has 0 bridgehead atoms. The first kappa shape index (κ1) is 14.6. The van der Waals surface area contributed by atoms with E-state index in [-0.39, 0.29) is 5.97 Å². The smallest absolute Gasteiger partial charge is 0.321 e. The minimum atomic E-state index is -0.660. The Balaban J connectivity index is 1.69. The van der Waals surface area contributed by atoms with Gasteiger partial charge in [-0.3, -0.25) is 4.79 Å². The van der Waals surface area contributed by atoms with Crippen molar-refractivity contribution in [3.05, 3.63) is 65.7 Å². The molecule has 0 N–H and O–H groups in total. The zero-order valence-corrected chi connectivity index (χ0v) is 12.5. The third-order valence-corrected chi connectivity index (χ3v) is 3.93. The molecular formula is C18H18O4. The minimum absolute atomic E-state index is 0.253. The Morgan fingerprint density at radius 1 is 1.09 bits per heavy atom. The molecule has 0 aromatic heterocycles. The van der Waals surface area contributed by atoms with E-state index in [1.807, 2.05) is 54.6 Å². The highest BCUT2D eigenvalue weighted by Gasteiger charge is 2.48. The Bertz CT molecular complexity index is 630. The maximum absolute atomic E-state index is 12.0. The van der Waals surface area contributed by atoms with Gasteiger partial charge in [0.25, 0.3) is 0 Å². The van der Waals surface area contributed by atoms with Gasteiger partial charge in [-0.05, 0) is 23.3 Å². The Hall–Kier alpha value is -2.33. The van der Waals surface area contributed by atoms with E-state index in [0.717, 1.165) is 16.9 Å². The maximum Gasteiger partial charge on any atom is 0.321 e. The molecule has 1 saturated heterocycles. The third kappa shape index (κ3) is 2.70. The zero-order chi connectivity index (χ0) is 15.4. The van der Waals surface area contributed by atoms with Gasteiger partial charge in [0, 0.05) is 0 Å². The van der Waals surface area contributed by atoms with E-state index in [4.69, 9.17) is 14.2 Å². The van der Waals surface area contributed by atoms with E-state index in [0.29, 0.717) is 19.8 Å². The van der Waals surface area contributed by atoms with Crippen molar-refractivity contribution in [1.82, 2.24) is 0 Å². The average Bonchev–Trinajstić information content (AvgIpc) is 2.54. The Morgan fingerprint density at radius 3 is 2.32 bits per heavy atom. The predicted molar refractivity (Wildman–Crippen MR) is 81.7 cm³/mol. The number of benzene rings is 2. The SMILES string of the molecule is COC(=O)C1(c2ccc(OCc3ccccc3)cc2)COC1. The highest BCUT2D eigenvalue weighted by atomic mass is 16.5. The lowest BCUT2D eigenvalue weighted by atomic mass is 9.78. The first-order chi connectivity index (χ1) is 10.7. The van der Waals surface area contributed by atoms with Crippen LogP contribution in [0.2, 0.25) is 0 Å². The molecule has 0 saturated carbocycles. The van der Waals surface area contributed by atoms with Crippen molar-refractivity contribution in [3.63, 3.8) is 0 Å². The summed E-state index contributed by atoms with van der Waals surface area (Å²) in [6.45, 7) is 1.25. The fourth-order valence-electron chi connectivity index (χ4n) is 2.52. The molecule has 4 heteroatoms. The van der Waals surface area contributed by atoms with Crippen LogP contribution in [0, 0.1) is 0 Å². The van der Waals surface area contributed by atoms with Gasteiger partial charge in [-0.25, -0.2) is 0 Å². The van der Waals surface area contributed by atoms with Crippen molar-refractivity contribution in [2.45, 2.75) is 12.0 Å². The van der Waals surface area contributed by atoms with Crippen molar-refractivity contribution in [1.29, 1.82) is 0 Å².